The van der Waals surface area contributed by atoms with Crippen LogP contribution in [0, 0.1) is 6.92 Å². The summed E-state index contributed by atoms with van der Waals surface area (Å²) < 4.78 is 4.89. The standard InChI is InChI=1S/C20H21NO3S/c1-14-7-9-15(10-8-14)12-25-13-19(22)21-17-6-4-3-5-16(17)11-18(21)20(23)24-2/h3-10,18H,11-13H2,1-2H3. The first-order valence-corrected chi connectivity index (χ1v) is 9.36. The van der Waals surface area contributed by atoms with E-state index in [-0.39, 0.29) is 11.9 Å². The molecule has 1 heterocycles. The summed E-state index contributed by atoms with van der Waals surface area (Å²) in [6.45, 7) is 2.05. The molecule has 0 spiro atoms. The number of carbonyl (C=O) groups is 2. The molecule has 1 atom stereocenters. The van der Waals surface area contributed by atoms with E-state index in [0.29, 0.717) is 12.2 Å². The number of ether oxygens (including phenoxy) is 1. The normalized spacial score (nSPS) is 15.8. The number of methoxy groups -OCH3 is 1. The van der Waals surface area contributed by atoms with Crippen molar-refractivity contribution in [2.45, 2.75) is 25.1 Å². The van der Waals surface area contributed by atoms with E-state index in [0.717, 1.165) is 17.0 Å². The van der Waals surface area contributed by atoms with Gasteiger partial charge in [-0.2, -0.15) is 0 Å². The van der Waals surface area contributed by atoms with Gasteiger partial charge in [0, 0.05) is 17.9 Å². The molecule has 1 aliphatic rings. The van der Waals surface area contributed by atoms with Crippen LogP contribution in [-0.4, -0.2) is 30.8 Å². The summed E-state index contributed by atoms with van der Waals surface area (Å²) in [6, 6.07) is 15.4. The molecule has 2 aromatic rings. The van der Waals surface area contributed by atoms with Crippen LogP contribution in [0.1, 0.15) is 16.7 Å². The number of fused-ring (bicyclic) bond motifs is 1. The van der Waals surface area contributed by atoms with Crippen molar-refractivity contribution in [3.05, 3.63) is 65.2 Å². The Morgan fingerprint density at radius 1 is 1.16 bits per heavy atom. The summed E-state index contributed by atoms with van der Waals surface area (Å²) in [6.07, 6.45) is 0.511. The summed E-state index contributed by atoms with van der Waals surface area (Å²) in [4.78, 5) is 26.5. The van der Waals surface area contributed by atoms with Crippen LogP contribution in [0.2, 0.25) is 0 Å². The number of anilines is 1. The second-order valence-corrected chi connectivity index (χ2v) is 7.10. The third-order valence-electron chi connectivity index (χ3n) is 4.33. The van der Waals surface area contributed by atoms with Gasteiger partial charge in [0.15, 0.2) is 0 Å². The third-order valence-corrected chi connectivity index (χ3v) is 5.32. The lowest BCUT2D eigenvalue weighted by molar-refractivity contribution is -0.143. The topological polar surface area (TPSA) is 46.6 Å². The van der Waals surface area contributed by atoms with Crippen molar-refractivity contribution < 1.29 is 14.3 Å². The van der Waals surface area contributed by atoms with E-state index in [2.05, 4.69) is 31.2 Å². The lowest BCUT2D eigenvalue weighted by Gasteiger charge is -2.23. The Bertz CT molecular complexity index is 773. The van der Waals surface area contributed by atoms with Gasteiger partial charge in [0.25, 0.3) is 0 Å². The lowest BCUT2D eigenvalue weighted by Crippen LogP contribution is -2.44. The molecule has 0 N–H and O–H groups in total. The Balaban J connectivity index is 1.68. The van der Waals surface area contributed by atoms with E-state index in [4.69, 9.17) is 4.74 Å². The Morgan fingerprint density at radius 3 is 2.60 bits per heavy atom. The van der Waals surface area contributed by atoms with Crippen LogP contribution >= 0.6 is 11.8 Å². The van der Waals surface area contributed by atoms with Gasteiger partial charge in [0.2, 0.25) is 5.91 Å². The molecule has 130 valence electrons. The minimum Gasteiger partial charge on any atom is -0.467 e. The van der Waals surface area contributed by atoms with Crippen LogP contribution in [0.4, 0.5) is 5.69 Å². The molecule has 3 rings (SSSR count). The summed E-state index contributed by atoms with van der Waals surface area (Å²) >= 11 is 1.56. The number of hydrogen-bond acceptors (Lipinski definition) is 4. The smallest absolute Gasteiger partial charge is 0.329 e. The molecule has 0 aromatic heterocycles. The van der Waals surface area contributed by atoms with Crippen LogP contribution in [0.5, 0.6) is 0 Å². The highest BCUT2D eigenvalue weighted by Crippen LogP contribution is 2.33. The van der Waals surface area contributed by atoms with Crippen molar-refractivity contribution in [2.75, 3.05) is 17.8 Å². The first-order chi connectivity index (χ1) is 12.1. The molecular weight excluding hydrogens is 334 g/mol. The van der Waals surface area contributed by atoms with Gasteiger partial charge in [-0.25, -0.2) is 4.79 Å². The lowest BCUT2D eigenvalue weighted by atomic mass is 10.1. The molecule has 25 heavy (non-hydrogen) atoms. The Hall–Kier alpha value is -2.27. The predicted octanol–water partition coefficient (Wildman–Crippen LogP) is 3.36. The number of carbonyl (C=O) groups excluding carboxylic acids is 2. The van der Waals surface area contributed by atoms with Crippen molar-refractivity contribution in [1.29, 1.82) is 0 Å². The van der Waals surface area contributed by atoms with Gasteiger partial charge >= 0.3 is 5.97 Å². The second-order valence-electron chi connectivity index (χ2n) is 6.11. The predicted molar refractivity (Wildman–Crippen MR) is 101 cm³/mol. The van der Waals surface area contributed by atoms with E-state index in [9.17, 15) is 9.59 Å². The quantitative estimate of drug-likeness (QED) is 0.772. The monoisotopic (exact) mass is 355 g/mol. The minimum atomic E-state index is -0.560. The number of hydrogen-bond donors (Lipinski definition) is 0. The van der Waals surface area contributed by atoms with E-state index >= 15 is 0 Å². The van der Waals surface area contributed by atoms with Gasteiger partial charge in [-0.1, -0.05) is 48.0 Å². The average molecular weight is 355 g/mol. The van der Waals surface area contributed by atoms with Gasteiger partial charge in [0.05, 0.1) is 12.9 Å². The Morgan fingerprint density at radius 2 is 1.88 bits per heavy atom. The fourth-order valence-corrected chi connectivity index (χ4v) is 3.87. The van der Waals surface area contributed by atoms with Crippen LogP contribution in [0.25, 0.3) is 0 Å². The zero-order chi connectivity index (χ0) is 17.8. The third kappa shape index (κ3) is 3.87. The fourth-order valence-electron chi connectivity index (χ4n) is 3.03. The number of benzene rings is 2. The molecule has 5 heteroatoms. The molecule has 4 nitrogen and oxygen atoms in total. The van der Waals surface area contributed by atoms with Gasteiger partial charge in [0.1, 0.15) is 6.04 Å². The molecule has 1 amide bonds. The number of rotatable bonds is 5. The number of esters is 1. The van der Waals surface area contributed by atoms with E-state index in [1.807, 2.05) is 24.3 Å². The fraction of sp³-hybridized carbons (Fsp3) is 0.300. The van der Waals surface area contributed by atoms with Gasteiger partial charge in [-0.05, 0) is 24.1 Å². The maximum Gasteiger partial charge on any atom is 0.329 e. The van der Waals surface area contributed by atoms with Gasteiger partial charge < -0.3 is 4.74 Å². The zero-order valence-corrected chi connectivity index (χ0v) is 15.2. The molecule has 2 aromatic carbocycles. The molecule has 0 bridgehead atoms. The molecule has 0 saturated heterocycles. The molecular formula is C20H21NO3S. The van der Waals surface area contributed by atoms with Crippen molar-refractivity contribution in [3.8, 4) is 0 Å². The Labute approximate surface area is 152 Å². The maximum absolute atomic E-state index is 12.8. The summed E-state index contributed by atoms with van der Waals surface area (Å²) in [5.74, 6) is 0.672. The number of thioether (sulfide) groups is 1. The minimum absolute atomic E-state index is 0.0579. The van der Waals surface area contributed by atoms with Crippen LogP contribution in [-0.2, 0) is 26.5 Å². The van der Waals surface area contributed by atoms with Crippen LogP contribution in [0.3, 0.4) is 0 Å². The SMILES string of the molecule is COC(=O)C1Cc2ccccc2N1C(=O)CSCc1ccc(C)cc1. The van der Waals surface area contributed by atoms with Crippen molar-refractivity contribution in [1.82, 2.24) is 0 Å². The molecule has 1 unspecified atom stereocenters. The van der Waals surface area contributed by atoms with Crippen LogP contribution in [0.15, 0.2) is 48.5 Å². The number of para-hydroxylation sites is 1. The summed E-state index contributed by atoms with van der Waals surface area (Å²) in [5, 5.41) is 0. The zero-order valence-electron chi connectivity index (χ0n) is 14.4. The first-order valence-electron chi connectivity index (χ1n) is 8.21. The average Bonchev–Trinajstić information content (AvgIpc) is 3.02. The van der Waals surface area contributed by atoms with E-state index in [1.165, 1.54) is 18.2 Å². The highest BCUT2D eigenvalue weighted by molar-refractivity contribution is 7.99. The molecule has 1 aliphatic heterocycles. The van der Waals surface area contributed by atoms with Crippen molar-refractivity contribution in [3.63, 3.8) is 0 Å². The molecule has 0 aliphatic carbocycles. The van der Waals surface area contributed by atoms with Crippen molar-refractivity contribution >= 4 is 29.3 Å². The van der Waals surface area contributed by atoms with E-state index < -0.39 is 6.04 Å². The number of aryl methyl sites for hydroxylation is 1. The second kappa shape index (κ2) is 7.74. The van der Waals surface area contributed by atoms with Crippen LogP contribution < -0.4 is 4.90 Å². The summed E-state index contributed by atoms with van der Waals surface area (Å²) in [5.41, 5.74) is 4.24. The van der Waals surface area contributed by atoms with Gasteiger partial charge in [-0.15, -0.1) is 11.8 Å². The number of amides is 1. The molecule has 0 radical (unpaired) electrons. The maximum atomic E-state index is 12.8. The largest absolute Gasteiger partial charge is 0.467 e. The van der Waals surface area contributed by atoms with E-state index in [1.54, 1.807) is 16.7 Å². The Kier molecular flexibility index (Phi) is 5.43. The summed E-state index contributed by atoms with van der Waals surface area (Å²) in [7, 11) is 1.36. The first kappa shape index (κ1) is 17.5. The van der Waals surface area contributed by atoms with Crippen molar-refractivity contribution in [2.24, 2.45) is 0 Å². The number of nitrogens with zero attached hydrogens (tertiary/aromatic N) is 1. The highest BCUT2D eigenvalue weighted by atomic mass is 32.2. The molecule has 0 fully saturated rings. The molecule has 0 saturated carbocycles. The van der Waals surface area contributed by atoms with Gasteiger partial charge in [-0.3, -0.25) is 9.69 Å². The highest BCUT2D eigenvalue weighted by Gasteiger charge is 2.38.